The minimum atomic E-state index is -2.90. The number of aromatic nitrogens is 3. The monoisotopic (exact) mass is 458 g/mol. The predicted octanol–water partition coefficient (Wildman–Crippen LogP) is 1.97. The quantitative estimate of drug-likeness (QED) is 0.596. The maximum Gasteiger partial charge on any atom is 0.151 e. The number of nitrogens with two attached hydrogens (primary N) is 1. The molecular weight excluding hydrogens is 432 g/mol. The molecule has 2 fully saturated rings. The van der Waals surface area contributed by atoms with E-state index in [0.29, 0.717) is 37.8 Å². The van der Waals surface area contributed by atoms with E-state index < -0.39 is 15.4 Å². The van der Waals surface area contributed by atoms with Gasteiger partial charge in [-0.15, -0.1) is 0 Å². The fraction of sp³-hybridized carbons (Fsp3) is 0.455. The molecule has 5 heterocycles. The van der Waals surface area contributed by atoms with Crippen molar-refractivity contribution in [1.29, 1.82) is 0 Å². The standard InChI is InChI=1S/C22H26N4O5S/c1-14-5-17(19-8-21(23)24-13-26(14)19)18-6-16(31-9-15-10-32(27,28)11-15)7-20(25-18)22(29-2)3-4-30-12-22/h5-8,13,15H,3-4,9-12,23H2,1-2H3/t22-/m0/s1. The van der Waals surface area contributed by atoms with E-state index in [1.807, 2.05) is 35.6 Å². The zero-order valence-electron chi connectivity index (χ0n) is 18.1. The molecule has 3 aromatic rings. The number of pyridine rings is 1. The normalized spacial score (nSPS) is 22.8. The van der Waals surface area contributed by atoms with Crippen LogP contribution in [0.4, 0.5) is 5.82 Å². The number of nitrogens with zero attached hydrogens (tertiary/aromatic N) is 3. The molecule has 0 radical (unpaired) electrons. The highest BCUT2D eigenvalue weighted by atomic mass is 32.2. The lowest BCUT2D eigenvalue weighted by Gasteiger charge is -2.27. The van der Waals surface area contributed by atoms with Gasteiger partial charge in [0.1, 0.15) is 23.5 Å². The Morgan fingerprint density at radius 1 is 1.28 bits per heavy atom. The number of nitrogen functional groups attached to an aromatic ring is 1. The SMILES string of the molecule is CO[C@@]1(c2cc(OCC3CS(=O)(=O)C3)cc(-c3cc(C)n4cnc(N)cc34)n2)CCOC1. The molecule has 2 N–H and O–H groups in total. The highest BCUT2D eigenvalue weighted by Crippen LogP contribution is 2.38. The van der Waals surface area contributed by atoms with Gasteiger partial charge in [-0.2, -0.15) is 0 Å². The number of aryl methyl sites for hydroxylation is 1. The number of methoxy groups -OCH3 is 1. The molecular formula is C22H26N4O5S. The van der Waals surface area contributed by atoms with Crippen LogP contribution in [0.1, 0.15) is 17.8 Å². The van der Waals surface area contributed by atoms with Crippen LogP contribution in [-0.4, -0.2) is 61.2 Å². The molecule has 32 heavy (non-hydrogen) atoms. The van der Waals surface area contributed by atoms with E-state index in [0.717, 1.165) is 28.2 Å². The van der Waals surface area contributed by atoms with E-state index in [2.05, 4.69) is 4.98 Å². The van der Waals surface area contributed by atoms with Crippen molar-refractivity contribution < 1.29 is 22.6 Å². The number of sulfone groups is 1. The van der Waals surface area contributed by atoms with Crippen molar-refractivity contribution in [2.24, 2.45) is 5.92 Å². The van der Waals surface area contributed by atoms with E-state index in [4.69, 9.17) is 24.9 Å². The smallest absolute Gasteiger partial charge is 0.151 e. The molecule has 9 nitrogen and oxygen atoms in total. The van der Waals surface area contributed by atoms with Crippen LogP contribution in [0.15, 0.2) is 30.6 Å². The molecule has 0 amide bonds. The van der Waals surface area contributed by atoms with Gasteiger partial charge in [-0.1, -0.05) is 0 Å². The average Bonchev–Trinajstić information content (AvgIpc) is 3.36. The van der Waals surface area contributed by atoms with Gasteiger partial charge in [-0.25, -0.2) is 18.4 Å². The Kier molecular flexibility index (Phi) is 5.11. The zero-order valence-corrected chi connectivity index (χ0v) is 18.9. The fourth-order valence-corrected chi connectivity index (χ4v) is 5.96. The molecule has 10 heteroatoms. The summed E-state index contributed by atoms with van der Waals surface area (Å²) in [6, 6.07) is 7.60. The van der Waals surface area contributed by atoms with Crippen LogP contribution in [0.3, 0.4) is 0 Å². The second kappa shape index (κ2) is 7.72. The molecule has 2 aliphatic heterocycles. The Labute approximate surface area is 186 Å². The highest BCUT2D eigenvalue weighted by molar-refractivity contribution is 7.92. The van der Waals surface area contributed by atoms with Crippen LogP contribution in [0, 0.1) is 12.8 Å². The Balaban J connectivity index is 1.57. The van der Waals surface area contributed by atoms with Crippen LogP contribution in [0.5, 0.6) is 5.75 Å². The first-order valence-corrected chi connectivity index (χ1v) is 12.3. The summed E-state index contributed by atoms with van der Waals surface area (Å²) in [6.07, 6.45) is 2.38. The minimum absolute atomic E-state index is 0.00897. The molecule has 2 aliphatic rings. The number of rotatable bonds is 6. The number of fused-ring (bicyclic) bond motifs is 1. The van der Waals surface area contributed by atoms with E-state index in [9.17, 15) is 8.42 Å². The molecule has 2 saturated heterocycles. The van der Waals surface area contributed by atoms with Gasteiger partial charge < -0.3 is 24.3 Å². The van der Waals surface area contributed by atoms with Crippen LogP contribution in [0.2, 0.25) is 0 Å². The molecule has 0 bridgehead atoms. The molecule has 0 aromatic carbocycles. The van der Waals surface area contributed by atoms with Crippen molar-refractivity contribution in [3.8, 4) is 17.0 Å². The lowest BCUT2D eigenvalue weighted by atomic mass is 9.97. The Hall–Kier alpha value is -2.69. The van der Waals surface area contributed by atoms with Crippen LogP contribution in [0.25, 0.3) is 16.8 Å². The van der Waals surface area contributed by atoms with E-state index in [-0.39, 0.29) is 17.4 Å². The van der Waals surface area contributed by atoms with E-state index in [1.165, 1.54) is 0 Å². The molecule has 3 aromatic heterocycles. The zero-order chi connectivity index (χ0) is 22.5. The first kappa shape index (κ1) is 21.2. The van der Waals surface area contributed by atoms with Gasteiger partial charge in [-0.3, -0.25) is 0 Å². The average molecular weight is 459 g/mol. The van der Waals surface area contributed by atoms with Gasteiger partial charge in [0.25, 0.3) is 0 Å². The van der Waals surface area contributed by atoms with Gasteiger partial charge >= 0.3 is 0 Å². The summed E-state index contributed by atoms with van der Waals surface area (Å²) in [5.74, 6) is 1.39. The Bertz CT molecular complexity index is 1270. The fourth-order valence-electron chi connectivity index (χ4n) is 4.43. The topological polar surface area (TPSA) is 118 Å². The summed E-state index contributed by atoms with van der Waals surface area (Å²) in [7, 11) is -1.24. The summed E-state index contributed by atoms with van der Waals surface area (Å²) in [6.45, 7) is 3.33. The van der Waals surface area contributed by atoms with Crippen LogP contribution in [-0.2, 0) is 24.9 Å². The number of anilines is 1. The highest BCUT2D eigenvalue weighted by Gasteiger charge is 2.39. The van der Waals surface area contributed by atoms with Crippen LogP contribution < -0.4 is 10.5 Å². The Morgan fingerprint density at radius 2 is 2.09 bits per heavy atom. The second-order valence-corrected chi connectivity index (χ2v) is 10.8. The number of hydrogen-bond donors (Lipinski definition) is 1. The van der Waals surface area contributed by atoms with Crippen molar-refractivity contribution in [3.63, 3.8) is 0 Å². The van der Waals surface area contributed by atoms with Crippen LogP contribution >= 0.6 is 0 Å². The summed E-state index contributed by atoms with van der Waals surface area (Å²) >= 11 is 0. The molecule has 0 aliphatic carbocycles. The third-order valence-corrected chi connectivity index (χ3v) is 8.22. The molecule has 0 saturated carbocycles. The summed E-state index contributed by atoms with van der Waals surface area (Å²) in [5.41, 5.74) is 9.54. The third kappa shape index (κ3) is 3.72. The van der Waals surface area contributed by atoms with E-state index >= 15 is 0 Å². The van der Waals surface area contributed by atoms with Gasteiger partial charge in [0, 0.05) is 55.5 Å². The van der Waals surface area contributed by atoms with Gasteiger partial charge in [-0.05, 0) is 13.0 Å². The summed E-state index contributed by atoms with van der Waals surface area (Å²) in [4.78, 5) is 9.13. The lowest BCUT2D eigenvalue weighted by molar-refractivity contribution is -0.0247. The third-order valence-electron chi connectivity index (χ3n) is 6.26. The molecule has 0 unspecified atom stereocenters. The first-order chi connectivity index (χ1) is 15.3. The maximum absolute atomic E-state index is 11.5. The molecule has 170 valence electrons. The largest absolute Gasteiger partial charge is 0.493 e. The first-order valence-electron chi connectivity index (χ1n) is 10.5. The minimum Gasteiger partial charge on any atom is -0.493 e. The Morgan fingerprint density at radius 3 is 2.78 bits per heavy atom. The van der Waals surface area contributed by atoms with Crippen molar-refractivity contribution in [1.82, 2.24) is 14.4 Å². The summed E-state index contributed by atoms with van der Waals surface area (Å²) < 4.78 is 42.5. The van der Waals surface area contributed by atoms with Gasteiger partial charge in [0.2, 0.25) is 0 Å². The second-order valence-electron chi connectivity index (χ2n) is 8.60. The summed E-state index contributed by atoms with van der Waals surface area (Å²) in [5, 5.41) is 0. The lowest BCUT2D eigenvalue weighted by Crippen LogP contribution is -2.39. The maximum atomic E-state index is 11.5. The molecule has 0 spiro atoms. The predicted molar refractivity (Wildman–Crippen MR) is 119 cm³/mol. The van der Waals surface area contributed by atoms with Crippen molar-refractivity contribution in [2.45, 2.75) is 18.9 Å². The number of ether oxygens (including phenoxy) is 3. The van der Waals surface area contributed by atoms with Gasteiger partial charge in [0.15, 0.2) is 9.84 Å². The van der Waals surface area contributed by atoms with Crippen molar-refractivity contribution in [2.75, 3.05) is 44.2 Å². The van der Waals surface area contributed by atoms with Crippen molar-refractivity contribution >= 4 is 21.2 Å². The van der Waals surface area contributed by atoms with Crippen molar-refractivity contribution in [3.05, 3.63) is 42.0 Å². The molecule has 1 atom stereocenters. The van der Waals surface area contributed by atoms with E-state index in [1.54, 1.807) is 13.4 Å². The van der Waals surface area contributed by atoms with Gasteiger partial charge in [0.05, 0.1) is 41.6 Å². The number of hydrogen-bond acceptors (Lipinski definition) is 8. The molecule has 5 rings (SSSR count).